The summed E-state index contributed by atoms with van der Waals surface area (Å²) in [7, 11) is 3.12. The van der Waals surface area contributed by atoms with Crippen LogP contribution in [0.4, 0.5) is 0 Å². The molecule has 0 bridgehead atoms. The van der Waals surface area contributed by atoms with Crippen LogP contribution >= 0.6 is 0 Å². The minimum Gasteiger partial charge on any atom is -0.493 e. The number of methoxy groups -OCH3 is 2. The van der Waals surface area contributed by atoms with Gasteiger partial charge < -0.3 is 9.47 Å². The number of rotatable bonds is 3. The minimum absolute atomic E-state index is 0.0114. The molecule has 0 radical (unpaired) electrons. The summed E-state index contributed by atoms with van der Waals surface area (Å²) in [6.45, 7) is 5.35. The average molecular weight is 208 g/mol. The molecule has 0 aliphatic carbocycles. The molecule has 0 aromatic heterocycles. The third-order valence-electron chi connectivity index (χ3n) is 2.38. The maximum Gasteiger partial charge on any atom is 0.172 e. The van der Waals surface area contributed by atoms with Crippen molar-refractivity contribution in [1.29, 1.82) is 0 Å². The number of benzene rings is 1. The van der Waals surface area contributed by atoms with Gasteiger partial charge in [0.2, 0.25) is 0 Å². The molecule has 3 nitrogen and oxygen atoms in total. The quantitative estimate of drug-likeness (QED) is 0.716. The van der Waals surface area contributed by atoms with Gasteiger partial charge >= 0.3 is 0 Å². The third kappa shape index (κ3) is 1.96. The monoisotopic (exact) mass is 208 g/mol. The van der Waals surface area contributed by atoms with Gasteiger partial charge in [-0.25, -0.2) is 0 Å². The highest BCUT2D eigenvalue weighted by molar-refractivity contribution is 5.99. The van der Waals surface area contributed by atoms with Crippen LogP contribution in [0.5, 0.6) is 11.5 Å². The molecule has 82 valence electrons. The van der Waals surface area contributed by atoms with E-state index >= 15 is 0 Å². The Hall–Kier alpha value is -1.51. The first-order chi connectivity index (χ1) is 7.02. The van der Waals surface area contributed by atoms with E-state index in [1.807, 2.05) is 19.9 Å². The Morgan fingerprint density at radius 3 is 2.00 bits per heavy atom. The lowest BCUT2D eigenvalue weighted by Gasteiger charge is -2.15. The first-order valence-corrected chi connectivity index (χ1v) is 4.76. The van der Waals surface area contributed by atoms with Crippen molar-refractivity contribution in [2.75, 3.05) is 14.2 Å². The summed E-state index contributed by atoms with van der Waals surface area (Å²) in [5.41, 5.74) is 2.48. The summed E-state index contributed by atoms with van der Waals surface area (Å²) in [6.07, 6.45) is 0. The van der Waals surface area contributed by atoms with Crippen molar-refractivity contribution in [3.05, 3.63) is 22.8 Å². The maximum atomic E-state index is 11.5. The molecular weight excluding hydrogens is 192 g/mol. The van der Waals surface area contributed by atoms with Crippen LogP contribution in [0.15, 0.2) is 6.07 Å². The second-order valence-electron chi connectivity index (χ2n) is 3.51. The van der Waals surface area contributed by atoms with Crippen molar-refractivity contribution in [3.8, 4) is 11.5 Å². The van der Waals surface area contributed by atoms with Crippen LogP contribution in [0.3, 0.4) is 0 Å². The van der Waals surface area contributed by atoms with E-state index in [0.29, 0.717) is 17.1 Å². The topological polar surface area (TPSA) is 35.5 Å². The SMILES string of the molecule is COc1c(C)cc(C)c(C(C)=O)c1OC. The summed E-state index contributed by atoms with van der Waals surface area (Å²) < 4.78 is 10.5. The molecule has 0 N–H and O–H groups in total. The second-order valence-corrected chi connectivity index (χ2v) is 3.51. The molecule has 1 aromatic rings. The zero-order valence-electron chi connectivity index (χ0n) is 9.80. The van der Waals surface area contributed by atoms with E-state index in [0.717, 1.165) is 11.1 Å². The largest absolute Gasteiger partial charge is 0.493 e. The van der Waals surface area contributed by atoms with Crippen LogP contribution in [-0.2, 0) is 0 Å². The molecule has 0 spiro atoms. The Balaban J connectivity index is 3.56. The Morgan fingerprint density at radius 2 is 1.60 bits per heavy atom. The van der Waals surface area contributed by atoms with Crippen molar-refractivity contribution in [2.45, 2.75) is 20.8 Å². The maximum absolute atomic E-state index is 11.5. The number of ether oxygens (including phenoxy) is 2. The average Bonchev–Trinajstić information content (AvgIpc) is 2.15. The minimum atomic E-state index is -0.0114. The molecule has 1 rings (SSSR count). The highest BCUT2D eigenvalue weighted by Gasteiger charge is 2.18. The normalized spacial score (nSPS) is 9.93. The lowest BCUT2D eigenvalue weighted by molar-refractivity contribution is 0.101. The molecule has 0 saturated carbocycles. The number of hydrogen-bond acceptors (Lipinski definition) is 3. The molecule has 3 heteroatoms. The summed E-state index contributed by atoms with van der Waals surface area (Å²) in [6, 6.07) is 1.93. The number of ketones is 1. The van der Waals surface area contributed by atoms with Crippen LogP contribution in [0.2, 0.25) is 0 Å². The van der Waals surface area contributed by atoms with Crippen molar-refractivity contribution < 1.29 is 14.3 Å². The summed E-state index contributed by atoms with van der Waals surface area (Å²) in [5.74, 6) is 1.15. The molecule has 0 fully saturated rings. The number of carbonyl (C=O) groups is 1. The number of aryl methyl sites for hydroxylation is 2. The summed E-state index contributed by atoms with van der Waals surface area (Å²) in [4.78, 5) is 11.5. The molecule has 0 unspecified atom stereocenters. The highest BCUT2D eigenvalue weighted by Crippen LogP contribution is 2.36. The standard InChI is InChI=1S/C12H16O3/c1-7-6-8(2)11(14-4)12(15-5)10(7)9(3)13/h6H,1-5H3. The predicted molar refractivity (Wildman–Crippen MR) is 59.0 cm³/mol. The van der Waals surface area contributed by atoms with E-state index in [4.69, 9.17) is 9.47 Å². The molecule has 0 atom stereocenters. The molecular formula is C12H16O3. The van der Waals surface area contributed by atoms with Gasteiger partial charge in [0.25, 0.3) is 0 Å². The number of carbonyl (C=O) groups excluding carboxylic acids is 1. The lowest BCUT2D eigenvalue weighted by atomic mass is 10.0. The van der Waals surface area contributed by atoms with Gasteiger partial charge in [-0.2, -0.15) is 0 Å². The molecule has 0 saturated heterocycles. The van der Waals surface area contributed by atoms with Gasteiger partial charge in [-0.3, -0.25) is 4.79 Å². The highest BCUT2D eigenvalue weighted by atomic mass is 16.5. The fourth-order valence-corrected chi connectivity index (χ4v) is 1.82. The van der Waals surface area contributed by atoms with Crippen LogP contribution in [0.25, 0.3) is 0 Å². The van der Waals surface area contributed by atoms with Crippen LogP contribution in [0.1, 0.15) is 28.4 Å². The van der Waals surface area contributed by atoms with Gasteiger partial charge in [0.05, 0.1) is 19.8 Å². The molecule has 0 aliphatic heterocycles. The Labute approximate surface area is 90.0 Å². The van der Waals surface area contributed by atoms with Gasteiger partial charge in [-0.15, -0.1) is 0 Å². The first kappa shape index (κ1) is 11.6. The number of Topliss-reactive ketones (excluding diaryl/α,β-unsaturated/α-hetero) is 1. The van der Waals surface area contributed by atoms with Gasteiger partial charge in [0.1, 0.15) is 0 Å². The van der Waals surface area contributed by atoms with Crippen molar-refractivity contribution in [1.82, 2.24) is 0 Å². The van der Waals surface area contributed by atoms with Crippen molar-refractivity contribution >= 4 is 5.78 Å². The van der Waals surface area contributed by atoms with Gasteiger partial charge in [-0.1, -0.05) is 6.07 Å². The van der Waals surface area contributed by atoms with Crippen LogP contribution in [-0.4, -0.2) is 20.0 Å². The smallest absolute Gasteiger partial charge is 0.172 e. The van der Waals surface area contributed by atoms with Crippen molar-refractivity contribution in [3.63, 3.8) is 0 Å². The Morgan fingerprint density at radius 1 is 1.07 bits per heavy atom. The zero-order chi connectivity index (χ0) is 11.6. The Kier molecular flexibility index (Phi) is 3.35. The third-order valence-corrected chi connectivity index (χ3v) is 2.38. The summed E-state index contributed by atoms with van der Waals surface area (Å²) >= 11 is 0. The fourth-order valence-electron chi connectivity index (χ4n) is 1.82. The van der Waals surface area contributed by atoms with Gasteiger partial charge in [0.15, 0.2) is 17.3 Å². The lowest BCUT2D eigenvalue weighted by Crippen LogP contribution is -2.04. The van der Waals surface area contributed by atoms with E-state index in [1.165, 1.54) is 6.92 Å². The van der Waals surface area contributed by atoms with E-state index in [2.05, 4.69) is 0 Å². The van der Waals surface area contributed by atoms with E-state index in [9.17, 15) is 4.79 Å². The molecule has 15 heavy (non-hydrogen) atoms. The second kappa shape index (κ2) is 4.34. The van der Waals surface area contributed by atoms with E-state index < -0.39 is 0 Å². The molecule has 0 aliphatic rings. The van der Waals surface area contributed by atoms with Crippen LogP contribution < -0.4 is 9.47 Å². The summed E-state index contributed by atoms with van der Waals surface area (Å²) in [5, 5.41) is 0. The van der Waals surface area contributed by atoms with Crippen LogP contribution in [0, 0.1) is 13.8 Å². The zero-order valence-corrected chi connectivity index (χ0v) is 9.80. The van der Waals surface area contributed by atoms with Gasteiger partial charge in [0, 0.05) is 0 Å². The molecule has 1 aromatic carbocycles. The van der Waals surface area contributed by atoms with E-state index in [1.54, 1.807) is 14.2 Å². The number of hydrogen-bond donors (Lipinski definition) is 0. The van der Waals surface area contributed by atoms with E-state index in [-0.39, 0.29) is 5.78 Å². The Bertz CT molecular complexity index is 394. The molecule has 0 heterocycles. The van der Waals surface area contributed by atoms with Crippen molar-refractivity contribution in [2.24, 2.45) is 0 Å². The van der Waals surface area contributed by atoms with Gasteiger partial charge in [-0.05, 0) is 31.9 Å². The molecule has 0 amide bonds. The predicted octanol–water partition coefficient (Wildman–Crippen LogP) is 2.52. The fraction of sp³-hybridized carbons (Fsp3) is 0.417. The first-order valence-electron chi connectivity index (χ1n) is 4.76.